The van der Waals surface area contributed by atoms with E-state index in [0.717, 1.165) is 5.69 Å². The Morgan fingerprint density at radius 2 is 2.15 bits per heavy atom. The predicted octanol–water partition coefficient (Wildman–Crippen LogP) is 1.75. The molecule has 0 fully saturated rings. The molecule has 3 rings (SSSR count). The van der Waals surface area contributed by atoms with Gasteiger partial charge < -0.3 is 5.32 Å². The number of aryl methyl sites for hydroxylation is 1. The van der Waals surface area contributed by atoms with Gasteiger partial charge in [0.25, 0.3) is 0 Å². The van der Waals surface area contributed by atoms with Crippen molar-refractivity contribution in [2.45, 2.75) is 6.54 Å². The number of aromatic nitrogens is 5. The van der Waals surface area contributed by atoms with Crippen LogP contribution in [0.4, 0.5) is 10.1 Å². The third-order valence-electron chi connectivity index (χ3n) is 3.01. The number of anilines is 1. The smallest absolute Gasteiger partial charge is 0.150 e. The van der Waals surface area contributed by atoms with Crippen LogP contribution in [0.15, 0.2) is 43.1 Å². The standard InChI is InChI=1S/C13H13FN6/c1-19-11(4-5-17-19)7-16-10-2-3-13(12(14)6-10)20-9-15-8-18-20/h2-6,8-9,16H,7H2,1H3. The van der Waals surface area contributed by atoms with Crippen LogP contribution in [0.2, 0.25) is 0 Å². The van der Waals surface area contributed by atoms with E-state index >= 15 is 0 Å². The highest BCUT2D eigenvalue weighted by atomic mass is 19.1. The Kier molecular flexibility index (Phi) is 3.16. The Balaban J connectivity index is 1.76. The van der Waals surface area contributed by atoms with Crippen LogP contribution in [-0.2, 0) is 13.6 Å². The van der Waals surface area contributed by atoms with Gasteiger partial charge in [-0.15, -0.1) is 0 Å². The molecule has 0 spiro atoms. The summed E-state index contributed by atoms with van der Waals surface area (Å²) in [6.07, 6.45) is 4.56. The quantitative estimate of drug-likeness (QED) is 0.786. The van der Waals surface area contributed by atoms with Gasteiger partial charge in [0.15, 0.2) is 5.82 Å². The number of nitrogens with zero attached hydrogens (tertiary/aromatic N) is 5. The van der Waals surface area contributed by atoms with E-state index < -0.39 is 0 Å². The maximum Gasteiger partial charge on any atom is 0.150 e. The van der Waals surface area contributed by atoms with Gasteiger partial charge in [-0.3, -0.25) is 4.68 Å². The molecule has 0 atom stereocenters. The molecule has 2 heterocycles. The molecule has 20 heavy (non-hydrogen) atoms. The van der Waals surface area contributed by atoms with E-state index in [0.29, 0.717) is 17.9 Å². The van der Waals surface area contributed by atoms with Crippen LogP contribution in [0.1, 0.15) is 5.69 Å². The maximum atomic E-state index is 14.0. The van der Waals surface area contributed by atoms with Gasteiger partial charge >= 0.3 is 0 Å². The zero-order valence-corrected chi connectivity index (χ0v) is 10.9. The van der Waals surface area contributed by atoms with Gasteiger partial charge in [-0.05, 0) is 24.3 Å². The van der Waals surface area contributed by atoms with Crippen molar-refractivity contribution in [1.82, 2.24) is 24.5 Å². The lowest BCUT2D eigenvalue weighted by Gasteiger charge is -2.09. The highest BCUT2D eigenvalue weighted by Crippen LogP contribution is 2.17. The summed E-state index contributed by atoms with van der Waals surface area (Å²) in [5.41, 5.74) is 2.09. The average molecular weight is 272 g/mol. The van der Waals surface area contributed by atoms with Crippen LogP contribution in [0.25, 0.3) is 5.69 Å². The summed E-state index contributed by atoms with van der Waals surface area (Å²) in [6.45, 7) is 0.582. The Bertz CT molecular complexity index is 703. The maximum absolute atomic E-state index is 14.0. The first kappa shape index (κ1) is 12.3. The topological polar surface area (TPSA) is 60.6 Å². The zero-order valence-electron chi connectivity index (χ0n) is 10.9. The molecule has 0 saturated heterocycles. The largest absolute Gasteiger partial charge is 0.379 e. The van der Waals surface area contributed by atoms with E-state index in [9.17, 15) is 4.39 Å². The number of benzene rings is 1. The molecule has 0 aliphatic carbocycles. The molecule has 0 aliphatic heterocycles. The predicted molar refractivity (Wildman–Crippen MR) is 71.9 cm³/mol. The number of halogens is 1. The summed E-state index contributed by atoms with van der Waals surface area (Å²) >= 11 is 0. The summed E-state index contributed by atoms with van der Waals surface area (Å²) in [6, 6.07) is 6.81. The van der Waals surface area contributed by atoms with Gasteiger partial charge in [0.05, 0.1) is 12.2 Å². The molecule has 0 saturated carbocycles. The van der Waals surface area contributed by atoms with Crippen LogP contribution >= 0.6 is 0 Å². The lowest BCUT2D eigenvalue weighted by atomic mass is 10.2. The van der Waals surface area contributed by atoms with Crippen LogP contribution in [-0.4, -0.2) is 24.5 Å². The molecule has 0 amide bonds. The zero-order chi connectivity index (χ0) is 13.9. The summed E-state index contributed by atoms with van der Waals surface area (Å²) in [4.78, 5) is 3.80. The van der Waals surface area contributed by atoms with Crippen LogP contribution < -0.4 is 5.32 Å². The van der Waals surface area contributed by atoms with Crippen LogP contribution in [0.5, 0.6) is 0 Å². The second-order valence-corrected chi connectivity index (χ2v) is 4.31. The third kappa shape index (κ3) is 2.37. The highest BCUT2D eigenvalue weighted by Gasteiger charge is 2.06. The third-order valence-corrected chi connectivity index (χ3v) is 3.01. The number of hydrogen-bond donors (Lipinski definition) is 1. The molecule has 2 aromatic heterocycles. The fourth-order valence-corrected chi connectivity index (χ4v) is 1.90. The molecule has 7 heteroatoms. The second kappa shape index (κ2) is 5.12. The lowest BCUT2D eigenvalue weighted by molar-refractivity contribution is 0.611. The van der Waals surface area contributed by atoms with Gasteiger partial charge in [-0.25, -0.2) is 14.1 Å². The number of hydrogen-bond acceptors (Lipinski definition) is 4. The lowest BCUT2D eigenvalue weighted by Crippen LogP contribution is -2.06. The first-order valence-electron chi connectivity index (χ1n) is 6.09. The normalized spacial score (nSPS) is 10.7. The van der Waals surface area contributed by atoms with E-state index in [-0.39, 0.29) is 5.82 Å². The summed E-state index contributed by atoms with van der Waals surface area (Å²) in [5, 5.41) is 11.1. The molecule has 0 unspecified atom stereocenters. The van der Waals surface area contributed by atoms with E-state index in [1.165, 1.54) is 23.4 Å². The van der Waals surface area contributed by atoms with Crippen molar-refractivity contribution in [2.24, 2.45) is 7.05 Å². The van der Waals surface area contributed by atoms with Gasteiger partial charge in [-0.1, -0.05) is 0 Å². The highest BCUT2D eigenvalue weighted by molar-refractivity contribution is 5.49. The van der Waals surface area contributed by atoms with Crippen molar-refractivity contribution in [3.8, 4) is 5.69 Å². The van der Waals surface area contributed by atoms with E-state index in [1.807, 2.05) is 13.1 Å². The summed E-state index contributed by atoms with van der Waals surface area (Å²) in [7, 11) is 1.87. The Morgan fingerprint density at radius 3 is 2.80 bits per heavy atom. The molecule has 102 valence electrons. The van der Waals surface area contributed by atoms with E-state index in [2.05, 4.69) is 20.5 Å². The minimum absolute atomic E-state index is 0.356. The molecule has 0 bridgehead atoms. The summed E-state index contributed by atoms with van der Waals surface area (Å²) in [5.74, 6) is -0.356. The average Bonchev–Trinajstić information content (AvgIpc) is 3.08. The summed E-state index contributed by atoms with van der Waals surface area (Å²) < 4.78 is 17.2. The number of nitrogens with one attached hydrogen (secondary N) is 1. The Labute approximate surface area is 114 Å². The Morgan fingerprint density at radius 1 is 1.25 bits per heavy atom. The second-order valence-electron chi connectivity index (χ2n) is 4.31. The molecular weight excluding hydrogens is 259 g/mol. The first-order valence-corrected chi connectivity index (χ1v) is 6.09. The molecule has 1 N–H and O–H groups in total. The van der Waals surface area contributed by atoms with Gasteiger partial charge in [-0.2, -0.15) is 10.2 Å². The SMILES string of the molecule is Cn1nccc1CNc1ccc(-n2cncn2)c(F)c1. The molecule has 6 nitrogen and oxygen atoms in total. The monoisotopic (exact) mass is 272 g/mol. The van der Waals surface area contributed by atoms with Crippen molar-refractivity contribution in [1.29, 1.82) is 0 Å². The van der Waals surface area contributed by atoms with Crippen LogP contribution in [0.3, 0.4) is 0 Å². The molecule has 1 aromatic carbocycles. The van der Waals surface area contributed by atoms with Gasteiger partial charge in [0.2, 0.25) is 0 Å². The van der Waals surface area contributed by atoms with Gasteiger partial charge in [0, 0.05) is 18.9 Å². The van der Waals surface area contributed by atoms with E-state index in [1.54, 1.807) is 23.0 Å². The molecule has 0 aliphatic rings. The van der Waals surface area contributed by atoms with Crippen molar-refractivity contribution in [3.05, 3.63) is 54.6 Å². The minimum atomic E-state index is -0.356. The fraction of sp³-hybridized carbons (Fsp3) is 0.154. The van der Waals surface area contributed by atoms with Gasteiger partial charge in [0.1, 0.15) is 18.3 Å². The van der Waals surface area contributed by atoms with Crippen molar-refractivity contribution in [3.63, 3.8) is 0 Å². The Hall–Kier alpha value is -2.70. The minimum Gasteiger partial charge on any atom is -0.379 e. The van der Waals surface area contributed by atoms with Crippen molar-refractivity contribution >= 4 is 5.69 Å². The van der Waals surface area contributed by atoms with Crippen molar-refractivity contribution < 1.29 is 4.39 Å². The molecule has 3 aromatic rings. The molecule has 0 radical (unpaired) electrons. The van der Waals surface area contributed by atoms with Crippen LogP contribution in [0, 0.1) is 5.82 Å². The number of rotatable bonds is 4. The van der Waals surface area contributed by atoms with E-state index in [4.69, 9.17) is 0 Å². The first-order chi connectivity index (χ1) is 9.74. The van der Waals surface area contributed by atoms with Crippen molar-refractivity contribution in [2.75, 3.05) is 5.32 Å². The fourth-order valence-electron chi connectivity index (χ4n) is 1.90. The molecular formula is C13H13FN6.